The highest BCUT2D eigenvalue weighted by Gasteiger charge is 2.15. The summed E-state index contributed by atoms with van der Waals surface area (Å²) in [4.78, 5) is 0. The zero-order valence-electron chi connectivity index (χ0n) is 6.32. The Bertz CT molecular complexity index is 75.5. The number of rotatable bonds is 2. The largest absolute Gasteiger partial charge is 0.392 e. The molecule has 0 spiro atoms. The summed E-state index contributed by atoms with van der Waals surface area (Å²) in [5, 5.41) is 9.06. The van der Waals surface area contributed by atoms with Crippen LogP contribution in [0.3, 0.4) is 0 Å². The lowest BCUT2D eigenvalue weighted by atomic mass is 9.90. The summed E-state index contributed by atoms with van der Waals surface area (Å²) in [6.07, 6.45) is 0.433. The zero-order valence-corrected chi connectivity index (χ0v) is 7.07. The maximum absolute atomic E-state index is 9.06. The first kappa shape index (κ1) is 9.25. The first-order valence-corrected chi connectivity index (χ1v) is 3.73. The SMILES string of the molecule is CC(C)(C)CC(O)CCl. The molecule has 1 unspecified atom stereocenters. The Balaban J connectivity index is 3.47. The Morgan fingerprint density at radius 2 is 1.89 bits per heavy atom. The summed E-state index contributed by atoms with van der Waals surface area (Å²) in [6.45, 7) is 6.26. The minimum atomic E-state index is -0.341. The molecule has 0 aliphatic carbocycles. The second-order valence-corrected chi connectivity index (χ2v) is 3.88. The summed E-state index contributed by atoms with van der Waals surface area (Å²) >= 11 is 5.41. The minimum Gasteiger partial charge on any atom is -0.392 e. The van der Waals surface area contributed by atoms with Crippen LogP contribution in [0.5, 0.6) is 0 Å². The van der Waals surface area contributed by atoms with Gasteiger partial charge in [0.25, 0.3) is 0 Å². The van der Waals surface area contributed by atoms with Gasteiger partial charge in [-0.25, -0.2) is 0 Å². The van der Waals surface area contributed by atoms with Crippen molar-refractivity contribution in [2.24, 2.45) is 5.41 Å². The van der Waals surface area contributed by atoms with Crippen LogP contribution < -0.4 is 0 Å². The Morgan fingerprint density at radius 1 is 1.44 bits per heavy atom. The molecular formula is C7H15ClO. The average Bonchev–Trinajstić information content (AvgIpc) is 1.62. The molecule has 0 saturated carbocycles. The number of aliphatic hydroxyl groups is 1. The molecule has 2 heteroatoms. The molecule has 0 heterocycles. The smallest absolute Gasteiger partial charge is 0.0680 e. The maximum Gasteiger partial charge on any atom is 0.0680 e. The van der Waals surface area contributed by atoms with Gasteiger partial charge in [-0.2, -0.15) is 0 Å². The van der Waals surface area contributed by atoms with Crippen molar-refractivity contribution in [2.75, 3.05) is 5.88 Å². The van der Waals surface area contributed by atoms with Gasteiger partial charge in [-0.15, -0.1) is 11.6 Å². The highest BCUT2D eigenvalue weighted by Crippen LogP contribution is 2.20. The Hall–Kier alpha value is 0.250. The lowest BCUT2D eigenvalue weighted by molar-refractivity contribution is 0.141. The van der Waals surface area contributed by atoms with Crippen molar-refractivity contribution in [1.82, 2.24) is 0 Å². The predicted octanol–water partition coefficient (Wildman–Crippen LogP) is 2.02. The fraction of sp³-hybridized carbons (Fsp3) is 1.00. The van der Waals surface area contributed by atoms with E-state index in [0.717, 1.165) is 6.42 Å². The third-order valence-corrected chi connectivity index (χ3v) is 1.38. The quantitative estimate of drug-likeness (QED) is 0.598. The molecule has 0 fully saturated rings. The van der Waals surface area contributed by atoms with Crippen molar-refractivity contribution < 1.29 is 5.11 Å². The van der Waals surface area contributed by atoms with Gasteiger partial charge in [-0.1, -0.05) is 20.8 Å². The molecule has 0 amide bonds. The van der Waals surface area contributed by atoms with Crippen LogP contribution in [-0.4, -0.2) is 17.1 Å². The summed E-state index contributed by atoms with van der Waals surface area (Å²) < 4.78 is 0. The molecule has 1 atom stereocenters. The van der Waals surface area contributed by atoms with Crippen molar-refractivity contribution in [1.29, 1.82) is 0 Å². The summed E-state index contributed by atoms with van der Waals surface area (Å²) in [5.74, 6) is 0.345. The fourth-order valence-corrected chi connectivity index (χ4v) is 0.871. The van der Waals surface area contributed by atoms with Gasteiger partial charge in [0.2, 0.25) is 0 Å². The first-order valence-electron chi connectivity index (χ1n) is 3.20. The van der Waals surface area contributed by atoms with Crippen LogP contribution in [0.1, 0.15) is 27.2 Å². The molecule has 0 radical (unpaired) electrons. The van der Waals surface area contributed by atoms with Gasteiger partial charge in [0.05, 0.1) is 6.10 Å². The van der Waals surface area contributed by atoms with Crippen LogP contribution in [0.4, 0.5) is 0 Å². The van der Waals surface area contributed by atoms with E-state index >= 15 is 0 Å². The van der Waals surface area contributed by atoms with Gasteiger partial charge in [0, 0.05) is 5.88 Å². The second kappa shape index (κ2) is 3.43. The van der Waals surface area contributed by atoms with E-state index in [4.69, 9.17) is 16.7 Å². The molecule has 1 nitrogen and oxygen atoms in total. The van der Waals surface area contributed by atoms with E-state index in [0.29, 0.717) is 5.88 Å². The summed E-state index contributed by atoms with van der Waals surface area (Å²) in [7, 11) is 0. The zero-order chi connectivity index (χ0) is 7.49. The van der Waals surface area contributed by atoms with E-state index in [-0.39, 0.29) is 11.5 Å². The van der Waals surface area contributed by atoms with Crippen molar-refractivity contribution >= 4 is 11.6 Å². The molecule has 0 rings (SSSR count). The molecular weight excluding hydrogens is 136 g/mol. The van der Waals surface area contributed by atoms with E-state index in [9.17, 15) is 0 Å². The Labute approximate surface area is 62.0 Å². The molecule has 0 aromatic carbocycles. The summed E-state index contributed by atoms with van der Waals surface area (Å²) in [5.41, 5.74) is 0.189. The molecule has 0 aromatic heterocycles. The predicted molar refractivity (Wildman–Crippen MR) is 40.8 cm³/mol. The lowest BCUT2D eigenvalue weighted by Crippen LogP contribution is -2.18. The van der Waals surface area contributed by atoms with Crippen molar-refractivity contribution in [3.63, 3.8) is 0 Å². The average molecular weight is 151 g/mol. The van der Waals surface area contributed by atoms with E-state index < -0.39 is 0 Å². The van der Waals surface area contributed by atoms with Crippen LogP contribution in [0.25, 0.3) is 0 Å². The molecule has 0 saturated heterocycles. The monoisotopic (exact) mass is 150 g/mol. The highest BCUT2D eigenvalue weighted by molar-refractivity contribution is 6.18. The van der Waals surface area contributed by atoms with Gasteiger partial charge in [-0.05, 0) is 11.8 Å². The molecule has 0 aromatic rings. The fourth-order valence-electron chi connectivity index (χ4n) is 0.761. The summed E-state index contributed by atoms with van der Waals surface area (Å²) in [6, 6.07) is 0. The van der Waals surface area contributed by atoms with Crippen molar-refractivity contribution in [3.05, 3.63) is 0 Å². The number of alkyl halides is 1. The third kappa shape index (κ3) is 6.13. The maximum atomic E-state index is 9.06. The molecule has 0 bridgehead atoms. The van der Waals surface area contributed by atoms with E-state index in [1.165, 1.54) is 0 Å². The van der Waals surface area contributed by atoms with Gasteiger partial charge >= 0.3 is 0 Å². The van der Waals surface area contributed by atoms with Gasteiger partial charge in [-0.3, -0.25) is 0 Å². The third-order valence-electron chi connectivity index (χ3n) is 1.03. The van der Waals surface area contributed by atoms with Crippen LogP contribution in [0.15, 0.2) is 0 Å². The second-order valence-electron chi connectivity index (χ2n) is 3.57. The number of hydrogen-bond donors (Lipinski definition) is 1. The number of halogens is 1. The van der Waals surface area contributed by atoms with Gasteiger partial charge in [0.15, 0.2) is 0 Å². The first-order chi connectivity index (χ1) is 3.95. The van der Waals surface area contributed by atoms with Crippen molar-refractivity contribution in [3.8, 4) is 0 Å². The van der Waals surface area contributed by atoms with E-state index in [1.54, 1.807) is 0 Å². The lowest BCUT2D eigenvalue weighted by Gasteiger charge is -2.20. The molecule has 9 heavy (non-hydrogen) atoms. The number of hydrogen-bond acceptors (Lipinski definition) is 1. The molecule has 0 aliphatic heterocycles. The van der Waals surface area contributed by atoms with Crippen LogP contribution in [-0.2, 0) is 0 Å². The molecule has 0 aliphatic rings. The van der Waals surface area contributed by atoms with E-state index in [1.807, 2.05) is 0 Å². The topological polar surface area (TPSA) is 20.2 Å². The molecule has 1 N–H and O–H groups in total. The van der Waals surface area contributed by atoms with Gasteiger partial charge in [0.1, 0.15) is 0 Å². The molecule has 56 valence electrons. The minimum absolute atomic E-state index is 0.189. The van der Waals surface area contributed by atoms with E-state index in [2.05, 4.69) is 20.8 Å². The van der Waals surface area contributed by atoms with Crippen molar-refractivity contribution in [2.45, 2.75) is 33.3 Å². The Morgan fingerprint density at radius 3 is 2.00 bits per heavy atom. The van der Waals surface area contributed by atoms with Crippen LogP contribution in [0.2, 0.25) is 0 Å². The van der Waals surface area contributed by atoms with Crippen LogP contribution >= 0.6 is 11.6 Å². The van der Waals surface area contributed by atoms with Gasteiger partial charge < -0.3 is 5.11 Å². The highest BCUT2D eigenvalue weighted by atomic mass is 35.5. The standard InChI is InChI=1S/C7H15ClO/c1-7(2,3)4-6(9)5-8/h6,9H,4-5H2,1-3H3. The van der Waals surface area contributed by atoms with Crippen LogP contribution in [0, 0.1) is 5.41 Å². The normalized spacial score (nSPS) is 15.7. The number of aliphatic hydroxyl groups excluding tert-OH is 1. The Kier molecular flexibility index (Phi) is 3.52.